The molecule has 2 rings (SSSR count). The van der Waals surface area contributed by atoms with Crippen LogP contribution in [-0.4, -0.2) is 15.7 Å². The number of hydrogen-bond acceptors (Lipinski definition) is 3. The predicted octanol–water partition coefficient (Wildman–Crippen LogP) is 7.22. The summed E-state index contributed by atoms with van der Waals surface area (Å²) in [5.41, 5.74) is 4.57. The second kappa shape index (κ2) is 13.8. The Bertz CT molecular complexity index is 642. The lowest BCUT2D eigenvalue weighted by atomic mass is 10.0. The Morgan fingerprint density at radius 1 is 0.667 bits per heavy atom. The first-order valence-electron chi connectivity index (χ1n) is 10.8. The highest BCUT2D eigenvalue weighted by Crippen LogP contribution is 2.18. The van der Waals surface area contributed by atoms with Gasteiger partial charge < -0.3 is 0 Å². The third kappa shape index (κ3) is 9.41. The smallest absolute Gasteiger partial charge is 0.0888 e. The number of aryl methyl sites for hydroxylation is 2. The summed E-state index contributed by atoms with van der Waals surface area (Å²) in [6.07, 6.45) is 20.0. The fourth-order valence-corrected chi connectivity index (χ4v) is 3.70. The van der Waals surface area contributed by atoms with Gasteiger partial charge in [0, 0.05) is 12.4 Å². The van der Waals surface area contributed by atoms with Gasteiger partial charge in [0.15, 0.2) is 0 Å². The molecule has 0 radical (unpaired) electrons. The molecule has 0 fully saturated rings. The van der Waals surface area contributed by atoms with Gasteiger partial charge in [-0.15, -0.1) is 0 Å². The van der Waals surface area contributed by atoms with E-state index in [-0.39, 0.29) is 0 Å². The van der Waals surface area contributed by atoms with E-state index in [1.54, 1.807) is 0 Å². The minimum absolute atomic E-state index is 0.975. The lowest BCUT2D eigenvalue weighted by Gasteiger charge is -2.06. The lowest BCUT2D eigenvalue weighted by Crippen LogP contribution is -1.92. The normalized spacial score (nSPS) is 11.0. The summed E-state index contributed by atoms with van der Waals surface area (Å²) in [5.74, 6) is 1.05. The molecule has 0 aliphatic carbocycles. The first-order chi connectivity index (χ1) is 13.3. The molecule has 0 aliphatic rings. The average molecular weight is 385 g/mol. The largest absolute Gasteiger partial charge is 0.255 e. The zero-order valence-corrected chi connectivity index (χ0v) is 17.9. The van der Waals surface area contributed by atoms with Crippen LogP contribution in [0.15, 0.2) is 36.7 Å². The van der Waals surface area contributed by atoms with Crippen LogP contribution in [0.2, 0.25) is 0 Å². The molecular weight excluding hydrogens is 348 g/mol. The van der Waals surface area contributed by atoms with Crippen LogP contribution in [0.25, 0.3) is 11.4 Å². The van der Waals surface area contributed by atoms with Crippen LogP contribution in [0.4, 0.5) is 0 Å². The Morgan fingerprint density at radius 3 is 1.78 bits per heavy atom. The van der Waals surface area contributed by atoms with E-state index in [1.165, 1.54) is 81.8 Å². The highest BCUT2D eigenvalue weighted by molar-refractivity contribution is 7.80. The van der Waals surface area contributed by atoms with E-state index < -0.39 is 0 Å². The quantitative estimate of drug-likeness (QED) is 0.275. The zero-order chi connectivity index (χ0) is 19.2. The van der Waals surface area contributed by atoms with E-state index in [1.807, 2.05) is 18.5 Å². The van der Waals surface area contributed by atoms with E-state index in [0.717, 1.165) is 23.6 Å². The van der Waals surface area contributed by atoms with E-state index in [4.69, 9.17) is 0 Å². The van der Waals surface area contributed by atoms with Gasteiger partial charge in [0.2, 0.25) is 0 Å². The van der Waals surface area contributed by atoms with Crippen LogP contribution in [0.5, 0.6) is 0 Å². The van der Waals surface area contributed by atoms with Gasteiger partial charge in [-0.2, -0.15) is 12.6 Å². The molecule has 0 saturated heterocycles. The number of nitrogens with zero attached hydrogens (tertiary/aromatic N) is 2. The first kappa shape index (κ1) is 21.9. The Morgan fingerprint density at radius 2 is 1.19 bits per heavy atom. The molecule has 2 aromatic heterocycles. The van der Waals surface area contributed by atoms with Crippen LogP contribution in [0.1, 0.15) is 81.8 Å². The summed E-state index contributed by atoms with van der Waals surface area (Å²) in [7, 11) is 0. The maximum absolute atomic E-state index is 4.49. The Labute approximate surface area is 171 Å². The molecule has 2 aromatic rings. The van der Waals surface area contributed by atoms with Gasteiger partial charge in [0.1, 0.15) is 0 Å². The number of thiol groups is 1. The number of rotatable bonds is 14. The molecule has 0 bridgehead atoms. The average Bonchev–Trinajstić information content (AvgIpc) is 2.69. The molecule has 0 aromatic carbocycles. The van der Waals surface area contributed by atoms with Crippen LogP contribution >= 0.6 is 12.6 Å². The van der Waals surface area contributed by atoms with Crippen LogP contribution in [0, 0.1) is 6.92 Å². The third-order valence-corrected chi connectivity index (χ3v) is 5.44. The molecule has 0 amide bonds. The second-order valence-electron chi connectivity index (χ2n) is 7.63. The van der Waals surface area contributed by atoms with Gasteiger partial charge in [-0.05, 0) is 67.3 Å². The molecule has 0 atom stereocenters. The number of hydrogen-bond donors (Lipinski definition) is 1. The van der Waals surface area contributed by atoms with Crippen LogP contribution in [-0.2, 0) is 6.42 Å². The van der Waals surface area contributed by atoms with Crippen molar-refractivity contribution in [3.05, 3.63) is 47.8 Å². The van der Waals surface area contributed by atoms with Crippen molar-refractivity contribution >= 4 is 12.6 Å². The fraction of sp³-hybridized carbons (Fsp3) is 0.583. The third-order valence-electron chi connectivity index (χ3n) is 5.13. The van der Waals surface area contributed by atoms with Crippen molar-refractivity contribution in [3.8, 4) is 11.4 Å². The van der Waals surface area contributed by atoms with Gasteiger partial charge in [0.25, 0.3) is 0 Å². The topological polar surface area (TPSA) is 25.8 Å². The molecule has 0 aliphatic heterocycles. The Hall–Kier alpha value is -1.35. The number of pyridine rings is 2. The van der Waals surface area contributed by atoms with Crippen molar-refractivity contribution in [3.63, 3.8) is 0 Å². The van der Waals surface area contributed by atoms with Crippen molar-refractivity contribution in [1.82, 2.24) is 9.97 Å². The molecule has 0 saturated carbocycles. The summed E-state index contributed by atoms with van der Waals surface area (Å²) in [5, 5.41) is 0. The molecule has 2 nitrogen and oxygen atoms in total. The van der Waals surface area contributed by atoms with E-state index in [2.05, 4.69) is 47.7 Å². The Balaban J connectivity index is 1.55. The minimum Gasteiger partial charge on any atom is -0.255 e. The number of unbranched alkanes of at least 4 members (excludes halogenated alkanes) is 10. The monoisotopic (exact) mass is 384 g/mol. The van der Waals surface area contributed by atoms with Crippen molar-refractivity contribution in [1.29, 1.82) is 0 Å². The summed E-state index contributed by atoms with van der Waals surface area (Å²) in [6, 6.07) is 8.48. The Kier molecular flexibility index (Phi) is 11.2. The van der Waals surface area contributed by atoms with E-state index >= 15 is 0 Å². The predicted molar refractivity (Wildman–Crippen MR) is 121 cm³/mol. The van der Waals surface area contributed by atoms with Gasteiger partial charge in [0.05, 0.1) is 11.4 Å². The summed E-state index contributed by atoms with van der Waals surface area (Å²) in [4.78, 5) is 8.94. The second-order valence-corrected chi connectivity index (χ2v) is 8.08. The molecule has 0 unspecified atom stereocenters. The molecular formula is C24H36N2S. The number of aromatic nitrogens is 2. The van der Waals surface area contributed by atoms with Gasteiger partial charge >= 0.3 is 0 Å². The van der Waals surface area contributed by atoms with Crippen molar-refractivity contribution in [2.75, 3.05) is 5.75 Å². The highest BCUT2D eigenvalue weighted by Gasteiger charge is 2.03. The van der Waals surface area contributed by atoms with Crippen molar-refractivity contribution < 1.29 is 0 Å². The van der Waals surface area contributed by atoms with Crippen molar-refractivity contribution in [2.45, 2.75) is 84.0 Å². The van der Waals surface area contributed by atoms with Crippen molar-refractivity contribution in [2.24, 2.45) is 0 Å². The molecule has 148 valence electrons. The van der Waals surface area contributed by atoms with Crippen LogP contribution in [0.3, 0.4) is 0 Å². The molecule has 0 N–H and O–H groups in total. The highest BCUT2D eigenvalue weighted by atomic mass is 32.1. The fourth-order valence-electron chi connectivity index (χ4n) is 3.48. The van der Waals surface area contributed by atoms with Gasteiger partial charge in [-0.25, -0.2) is 0 Å². The molecule has 0 spiro atoms. The molecule has 2 heterocycles. The standard InChI is InChI=1S/C24H36N2S/c1-21-14-16-25-23(19-21)24-20-22(15-17-26-24)13-11-9-7-5-3-2-4-6-8-10-12-18-27/h14-17,19-20,27H,2-13,18H2,1H3. The minimum atomic E-state index is 0.975. The lowest BCUT2D eigenvalue weighted by molar-refractivity contribution is 0.550. The molecule has 27 heavy (non-hydrogen) atoms. The maximum Gasteiger partial charge on any atom is 0.0888 e. The van der Waals surface area contributed by atoms with E-state index in [0.29, 0.717) is 0 Å². The van der Waals surface area contributed by atoms with Crippen LogP contribution < -0.4 is 0 Å². The molecule has 3 heteroatoms. The maximum atomic E-state index is 4.49. The summed E-state index contributed by atoms with van der Waals surface area (Å²) < 4.78 is 0. The van der Waals surface area contributed by atoms with E-state index in [9.17, 15) is 0 Å². The first-order valence-corrected chi connectivity index (χ1v) is 11.4. The summed E-state index contributed by atoms with van der Waals surface area (Å²) >= 11 is 4.26. The SMILES string of the molecule is Cc1ccnc(-c2cc(CCCCCCCCCCCCCS)ccn2)c1. The summed E-state index contributed by atoms with van der Waals surface area (Å²) in [6.45, 7) is 2.10. The van der Waals surface area contributed by atoms with Gasteiger partial charge in [-0.1, -0.05) is 57.8 Å². The van der Waals surface area contributed by atoms with Gasteiger partial charge in [-0.3, -0.25) is 9.97 Å². The zero-order valence-electron chi connectivity index (χ0n) is 17.0.